The van der Waals surface area contributed by atoms with E-state index in [0.29, 0.717) is 18.1 Å². The van der Waals surface area contributed by atoms with Crippen molar-refractivity contribution in [2.45, 2.75) is 13.0 Å². The van der Waals surface area contributed by atoms with Gasteiger partial charge in [0.25, 0.3) is 0 Å². The van der Waals surface area contributed by atoms with Crippen LogP contribution in [0.4, 0.5) is 0 Å². The summed E-state index contributed by atoms with van der Waals surface area (Å²) in [4.78, 5) is 8.80. The molecule has 0 spiro atoms. The van der Waals surface area contributed by atoms with Crippen LogP contribution in [0.3, 0.4) is 0 Å². The zero-order chi connectivity index (χ0) is 21.9. The van der Waals surface area contributed by atoms with Crippen LogP contribution in [0.2, 0.25) is 0 Å². The molecule has 2 aromatic carbocycles. The molecule has 0 aliphatic heterocycles. The van der Waals surface area contributed by atoms with Gasteiger partial charge in [0.15, 0.2) is 11.5 Å². The Hall–Kier alpha value is -4.06. The van der Waals surface area contributed by atoms with Crippen molar-refractivity contribution in [2.75, 3.05) is 14.2 Å². The van der Waals surface area contributed by atoms with E-state index in [2.05, 4.69) is 28.2 Å². The Balaban J connectivity index is 1.35. The smallest absolute Gasteiger partial charge is 0.161 e. The van der Waals surface area contributed by atoms with E-state index >= 15 is 0 Å². The van der Waals surface area contributed by atoms with Gasteiger partial charge in [-0.3, -0.25) is 4.98 Å². The van der Waals surface area contributed by atoms with Crippen molar-refractivity contribution in [3.05, 3.63) is 96.1 Å². The molecule has 0 aliphatic rings. The summed E-state index contributed by atoms with van der Waals surface area (Å²) in [6.07, 6.45) is 8.28. The summed E-state index contributed by atoms with van der Waals surface area (Å²) in [6.45, 7) is 0.440. The third kappa shape index (κ3) is 3.95. The number of hydrogen-bond donors (Lipinski definition) is 0. The summed E-state index contributed by atoms with van der Waals surface area (Å²) >= 11 is 0. The summed E-state index contributed by atoms with van der Waals surface area (Å²) in [5, 5.41) is 1.11. The second-order valence-corrected chi connectivity index (χ2v) is 7.53. The average Bonchev–Trinajstić information content (AvgIpc) is 3.31. The van der Waals surface area contributed by atoms with Gasteiger partial charge in [0.1, 0.15) is 18.0 Å². The molecule has 0 saturated carbocycles. The first-order valence-electron chi connectivity index (χ1n) is 10.4. The fraction of sp³-hybridized carbons (Fsp3) is 0.154. The molecule has 32 heavy (non-hydrogen) atoms. The maximum atomic E-state index is 6.05. The number of fused-ring (bicyclic) bond motifs is 2. The summed E-state index contributed by atoms with van der Waals surface area (Å²) in [5.41, 5.74) is 5.20. The molecule has 0 saturated heterocycles. The van der Waals surface area contributed by atoms with Crippen LogP contribution in [0.1, 0.15) is 16.7 Å². The average molecular weight is 425 g/mol. The van der Waals surface area contributed by atoms with Gasteiger partial charge in [-0.15, -0.1) is 0 Å². The van der Waals surface area contributed by atoms with E-state index in [0.717, 1.165) is 39.8 Å². The molecule has 0 fully saturated rings. The maximum Gasteiger partial charge on any atom is 0.161 e. The van der Waals surface area contributed by atoms with Crippen molar-refractivity contribution in [3.63, 3.8) is 0 Å². The van der Waals surface area contributed by atoms with E-state index in [1.807, 2.05) is 59.4 Å². The van der Waals surface area contributed by atoms with E-state index in [4.69, 9.17) is 14.2 Å². The molecule has 0 atom stereocenters. The van der Waals surface area contributed by atoms with Gasteiger partial charge in [-0.25, -0.2) is 4.98 Å². The van der Waals surface area contributed by atoms with Crippen LogP contribution in [0, 0.1) is 0 Å². The van der Waals surface area contributed by atoms with Crippen LogP contribution in [0.5, 0.6) is 17.2 Å². The van der Waals surface area contributed by atoms with Crippen LogP contribution < -0.4 is 14.2 Å². The number of ether oxygens (including phenoxy) is 3. The molecule has 0 N–H and O–H groups in total. The second kappa shape index (κ2) is 8.59. The largest absolute Gasteiger partial charge is 0.497 e. The lowest BCUT2D eigenvalue weighted by Gasteiger charge is -2.13. The Bertz CT molecular complexity index is 1390. The lowest BCUT2D eigenvalue weighted by molar-refractivity contribution is 0.284. The maximum absolute atomic E-state index is 6.05. The zero-order valence-electron chi connectivity index (χ0n) is 18.0. The first-order chi connectivity index (χ1) is 15.7. The Morgan fingerprint density at radius 3 is 2.59 bits per heavy atom. The summed E-state index contributed by atoms with van der Waals surface area (Å²) in [6, 6.07) is 18.1. The van der Waals surface area contributed by atoms with Crippen molar-refractivity contribution in [2.24, 2.45) is 0 Å². The van der Waals surface area contributed by atoms with Crippen molar-refractivity contribution >= 4 is 16.6 Å². The first-order valence-corrected chi connectivity index (χ1v) is 10.4. The van der Waals surface area contributed by atoms with E-state index < -0.39 is 0 Å². The van der Waals surface area contributed by atoms with Gasteiger partial charge in [0.2, 0.25) is 0 Å². The van der Waals surface area contributed by atoms with Crippen LogP contribution in [0.25, 0.3) is 16.6 Å². The Morgan fingerprint density at radius 1 is 0.781 bits per heavy atom. The van der Waals surface area contributed by atoms with Gasteiger partial charge in [0, 0.05) is 36.2 Å². The lowest BCUT2D eigenvalue weighted by Crippen LogP contribution is -2.00. The number of pyridine rings is 2. The van der Waals surface area contributed by atoms with Gasteiger partial charge < -0.3 is 18.6 Å². The van der Waals surface area contributed by atoms with E-state index in [9.17, 15) is 0 Å². The van der Waals surface area contributed by atoms with Crippen LogP contribution in [-0.4, -0.2) is 28.6 Å². The molecular weight excluding hydrogens is 402 g/mol. The molecule has 3 aromatic heterocycles. The molecule has 5 rings (SSSR count). The number of hydrogen-bond acceptors (Lipinski definition) is 5. The highest BCUT2D eigenvalue weighted by Crippen LogP contribution is 2.31. The van der Waals surface area contributed by atoms with Crippen molar-refractivity contribution < 1.29 is 14.2 Å². The lowest BCUT2D eigenvalue weighted by atomic mass is 10.0. The molecular formula is C26H23N3O3. The van der Waals surface area contributed by atoms with Crippen molar-refractivity contribution in [3.8, 4) is 17.2 Å². The highest BCUT2D eigenvalue weighted by molar-refractivity contribution is 5.83. The fourth-order valence-corrected chi connectivity index (χ4v) is 3.83. The molecule has 3 heterocycles. The van der Waals surface area contributed by atoms with Crippen LogP contribution in [0.15, 0.2) is 79.4 Å². The quantitative estimate of drug-likeness (QED) is 0.364. The summed E-state index contributed by atoms with van der Waals surface area (Å²) in [5.74, 6) is 2.23. The Morgan fingerprint density at radius 2 is 1.72 bits per heavy atom. The predicted octanol–water partition coefficient (Wildman–Crippen LogP) is 5.07. The molecule has 5 aromatic rings. The summed E-state index contributed by atoms with van der Waals surface area (Å²) in [7, 11) is 3.33. The third-order valence-electron chi connectivity index (χ3n) is 5.52. The van der Waals surface area contributed by atoms with Crippen LogP contribution >= 0.6 is 0 Å². The standard InChI is InChI=1S/C26H23N3O3/c1-30-21-4-5-22-20(7-9-27-23(22)16-21)13-18-3-6-24(25(14-18)31-2)32-17-19-8-11-29-12-10-28-26(29)15-19/h3-12,14-16H,13,17H2,1-2H3. The molecule has 0 amide bonds. The number of imidazole rings is 1. The molecule has 0 unspecified atom stereocenters. The minimum atomic E-state index is 0.440. The van der Waals surface area contributed by atoms with E-state index in [-0.39, 0.29) is 0 Å². The SMILES string of the molecule is COc1ccc2c(Cc3ccc(OCc4ccn5ccnc5c4)c(OC)c3)ccnc2c1. The van der Waals surface area contributed by atoms with Crippen molar-refractivity contribution in [1.82, 2.24) is 14.4 Å². The third-order valence-corrected chi connectivity index (χ3v) is 5.52. The molecule has 0 radical (unpaired) electrons. The van der Waals surface area contributed by atoms with Crippen LogP contribution in [-0.2, 0) is 13.0 Å². The predicted molar refractivity (Wildman–Crippen MR) is 124 cm³/mol. The van der Waals surface area contributed by atoms with E-state index in [1.54, 1.807) is 20.4 Å². The molecule has 160 valence electrons. The molecule has 6 heteroatoms. The second-order valence-electron chi connectivity index (χ2n) is 7.53. The minimum absolute atomic E-state index is 0.440. The number of aromatic nitrogens is 3. The fourth-order valence-electron chi connectivity index (χ4n) is 3.83. The molecule has 0 bridgehead atoms. The topological polar surface area (TPSA) is 57.9 Å². The molecule has 6 nitrogen and oxygen atoms in total. The first kappa shape index (κ1) is 19.9. The van der Waals surface area contributed by atoms with Gasteiger partial charge in [-0.05, 0) is 65.6 Å². The number of benzene rings is 2. The van der Waals surface area contributed by atoms with Crippen molar-refractivity contribution in [1.29, 1.82) is 0 Å². The zero-order valence-corrected chi connectivity index (χ0v) is 18.0. The van der Waals surface area contributed by atoms with Gasteiger partial charge in [0.05, 0.1) is 19.7 Å². The number of nitrogens with zero attached hydrogens (tertiary/aromatic N) is 3. The van der Waals surface area contributed by atoms with Gasteiger partial charge in [-0.2, -0.15) is 0 Å². The highest BCUT2D eigenvalue weighted by atomic mass is 16.5. The molecule has 0 aliphatic carbocycles. The minimum Gasteiger partial charge on any atom is -0.497 e. The number of rotatable bonds is 7. The Kier molecular flexibility index (Phi) is 5.34. The summed E-state index contributed by atoms with van der Waals surface area (Å²) < 4.78 is 19.0. The van der Waals surface area contributed by atoms with Gasteiger partial charge in [-0.1, -0.05) is 6.07 Å². The normalized spacial score (nSPS) is 11.1. The van der Waals surface area contributed by atoms with E-state index in [1.165, 1.54) is 5.56 Å². The number of methoxy groups -OCH3 is 2. The monoisotopic (exact) mass is 425 g/mol. The van der Waals surface area contributed by atoms with Gasteiger partial charge >= 0.3 is 0 Å². The Labute approximate surface area is 186 Å². The highest BCUT2D eigenvalue weighted by Gasteiger charge is 2.10.